The minimum atomic E-state index is 0.776. The second-order valence-electron chi connectivity index (χ2n) is 5.72. The van der Waals surface area contributed by atoms with Crippen molar-refractivity contribution in [3.8, 4) is 0 Å². The van der Waals surface area contributed by atoms with E-state index < -0.39 is 0 Å². The average Bonchev–Trinajstić information content (AvgIpc) is 3.02. The van der Waals surface area contributed by atoms with Gasteiger partial charge in [-0.3, -0.25) is 4.90 Å². The first-order valence-corrected chi connectivity index (χ1v) is 7.28. The second kappa shape index (κ2) is 6.02. The SMILES string of the molecule is CCCCN(CC1CCCN1)C(C)C1CC1. The first-order chi connectivity index (χ1) is 7.81. The number of unbranched alkanes of at least 4 members (excludes halogenated alkanes) is 1. The van der Waals surface area contributed by atoms with Crippen LogP contribution in [-0.4, -0.2) is 36.6 Å². The van der Waals surface area contributed by atoms with Gasteiger partial charge in [-0.15, -0.1) is 0 Å². The maximum Gasteiger partial charge on any atom is 0.0195 e. The van der Waals surface area contributed by atoms with Crippen molar-refractivity contribution in [3.63, 3.8) is 0 Å². The molecule has 1 aliphatic heterocycles. The van der Waals surface area contributed by atoms with Crippen LogP contribution in [0, 0.1) is 5.92 Å². The fourth-order valence-electron chi connectivity index (χ4n) is 2.89. The number of rotatable bonds is 7. The summed E-state index contributed by atoms with van der Waals surface area (Å²) < 4.78 is 0. The highest BCUT2D eigenvalue weighted by molar-refractivity contribution is 4.88. The predicted molar refractivity (Wildman–Crippen MR) is 69.7 cm³/mol. The van der Waals surface area contributed by atoms with E-state index in [-0.39, 0.29) is 0 Å². The fraction of sp³-hybridized carbons (Fsp3) is 1.00. The van der Waals surface area contributed by atoms with Gasteiger partial charge in [0.2, 0.25) is 0 Å². The maximum atomic E-state index is 3.64. The van der Waals surface area contributed by atoms with Crippen molar-refractivity contribution in [3.05, 3.63) is 0 Å². The van der Waals surface area contributed by atoms with Gasteiger partial charge in [0.25, 0.3) is 0 Å². The highest BCUT2D eigenvalue weighted by Crippen LogP contribution is 2.35. The molecule has 1 saturated carbocycles. The average molecular weight is 224 g/mol. The van der Waals surface area contributed by atoms with Gasteiger partial charge in [-0.05, 0) is 58.0 Å². The van der Waals surface area contributed by atoms with Gasteiger partial charge in [-0.25, -0.2) is 0 Å². The molecule has 0 aromatic heterocycles. The standard InChI is InChI=1S/C14H28N2/c1-3-4-10-16(12(2)13-7-8-13)11-14-6-5-9-15-14/h12-15H,3-11H2,1-2H3. The molecular formula is C14H28N2. The Balaban J connectivity index is 1.79. The van der Waals surface area contributed by atoms with Gasteiger partial charge in [0, 0.05) is 18.6 Å². The molecule has 1 saturated heterocycles. The summed E-state index contributed by atoms with van der Waals surface area (Å²) in [6.45, 7) is 8.59. The second-order valence-corrected chi connectivity index (χ2v) is 5.72. The number of hydrogen-bond acceptors (Lipinski definition) is 2. The minimum Gasteiger partial charge on any atom is -0.313 e. The zero-order valence-corrected chi connectivity index (χ0v) is 11.0. The van der Waals surface area contributed by atoms with Gasteiger partial charge in [0.15, 0.2) is 0 Å². The molecule has 1 N–H and O–H groups in total. The van der Waals surface area contributed by atoms with Crippen molar-refractivity contribution in [1.82, 2.24) is 10.2 Å². The molecule has 2 rings (SSSR count). The number of nitrogens with one attached hydrogen (secondary N) is 1. The molecule has 94 valence electrons. The third-order valence-corrected chi connectivity index (χ3v) is 4.30. The van der Waals surface area contributed by atoms with Crippen molar-refractivity contribution in [2.45, 2.75) is 64.5 Å². The van der Waals surface area contributed by atoms with Gasteiger partial charge in [-0.2, -0.15) is 0 Å². The van der Waals surface area contributed by atoms with Crippen LogP contribution in [-0.2, 0) is 0 Å². The smallest absolute Gasteiger partial charge is 0.0195 e. The monoisotopic (exact) mass is 224 g/mol. The Morgan fingerprint density at radius 3 is 2.69 bits per heavy atom. The fourth-order valence-corrected chi connectivity index (χ4v) is 2.89. The van der Waals surface area contributed by atoms with Crippen molar-refractivity contribution >= 4 is 0 Å². The topological polar surface area (TPSA) is 15.3 Å². The van der Waals surface area contributed by atoms with E-state index in [1.54, 1.807) is 0 Å². The molecule has 0 amide bonds. The Hall–Kier alpha value is -0.0800. The first-order valence-electron chi connectivity index (χ1n) is 7.28. The molecule has 2 atom stereocenters. The predicted octanol–water partition coefficient (Wildman–Crippen LogP) is 2.64. The maximum absolute atomic E-state index is 3.64. The van der Waals surface area contributed by atoms with Crippen LogP contribution < -0.4 is 5.32 Å². The van der Waals surface area contributed by atoms with E-state index in [1.165, 1.54) is 58.2 Å². The molecular weight excluding hydrogens is 196 g/mol. The van der Waals surface area contributed by atoms with Gasteiger partial charge in [-0.1, -0.05) is 13.3 Å². The number of nitrogens with zero attached hydrogens (tertiary/aromatic N) is 1. The molecule has 0 aromatic rings. The molecule has 16 heavy (non-hydrogen) atoms. The summed E-state index contributed by atoms with van der Waals surface area (Å²) in [5.74, 6) is 1.01. The highest BCUT2D eigenvalue weighted by atomic mass is 15.2. The molecule has 2 unspecified atom stereocenters. The van der Waals surface area contributed by atoms with Crippen LogP contribution in [0.3, 0.4) is 0 Å². The largest absolute Gasteiger partial charge is 0.313 e. The molecule has 0 spiro atoms. The summed E-state index contributed by atoms with van der Waals surface area (Å²) in [6.07, 6.45) is 8.41. The van der Waals surface area contributed by atoms with Crippen molar-refractivity contribution < 1.29 is 0 Å². The normalized spacial score (nSPS) is 27.6. The van der Waals surface area contributed by atoms with Crippen LogP contribution in [0.25, 0.3) is 0 Å². The van der Waals surface area contributed by atoms with Crippen molar-refractivity contribution in [1.29, 1.82) is 0 Å². The molecule has 2 nitrogen and oxygen atoms in total. The van der Waals surface area contributed by atoms with E-state index in [0.717, 1.165) is 18.0 Å². The lowest BCUT2D eigenvalue weighted by atomic mass is 10.1. The molecule has 2 heteroatoms. The highest BCUT2D eigenvalue weighted by Gasteiger charge is 2.32. The van der Waals surface area contributed by atoms with Crippen LogP contribution in [0.4, 0.5) is 0 Å². The third-order valence-electron chi connectivity index (χ3n) is 4.30. The van der Waals surface area contributed by atoms with Crippen molar-refractivity contribution in [2.24, 2.45) is 5.92 Å². The molecule has 0 bridgehead atoms. The first kappa shape index (κ1) is 12.4. The van der Waals surface area contributed by atoms with Crippen molar-refractivity contribution in [2.75, 3.05) is 19.6 Å². The summed E-state index contributed by atoms with van der Waals surface area (Å²) in [7, 11) is 0. The van der Waals surface area contributed by atoms with Gasteiger partial charge in [0.1, 0.15) is 0 Å². The van der Waals surface area contributed by atoms with E-state index in [9.17, 15) is 0 Å². The Morgan fingerprint density at radius 1 is 1.31 bits per heavy atom. The van der Waals surface area contributed by atoms with Gasteiger partial charge < -0.3 is 5.32 Å². The quantitative estimate of drug-likeness (QED) is 0.715. The number of hydrogen-bond donors (Lipinski definition) is 1. The molecule has 0 radical (unpaired) electrons. The summed E-state index contributed by atoms with van der Waals surface area (Å²) >= 11 is 0. The van der Waals surface area contributed by atoms with Gasteiger partial charge in [0.05, 0.1) is 0 Å². The Kier molecular flexibility index (Phi) is 4.66. The van der Waals surface area contributed by atoms with Crippen LogP contribution in [0.1, 0.15) is 52.4 Å². The lowest BCUT2D eigenvalue weighted by Gasteiger charge is -2.31. The Bertz CT molecular complexity index is 195. The van der Waals surface area contributed by atoms with E-state index in [2.05, 4.69) is 24.1 Å². The molecule has 1 aliphatic carbocycles. The summed E-state index contributed by atoms with van der Waals surface area (Å²) in [5, 5.41) is 3.64. The van der Waals surface area contributed by atoms with Crippen LogP contribution in [0.2, 0.25) is 0 Å². The molecule has 2 fully saturated rings. The molecule has 2 aliphatic rings. The van der Waals surface area contributed by atoms with Crippen LogP contribution in [0.5, 0.6) is 0 Å². The zero-order valence-electron chi connectivity index (χ0n) is 11.0. The lowest BCUT2D eigenvalue weighted by Crippen LogP contribution is -2.43. The Morgan fingerprint density at radius 2 is 2.12 bits per heavy atom. The van der Waals surface area contributed by atoms with E-state index >= 15 is 0 Å². The van der Waals surface area contributed by atoms with Crippen LogP contribution in [0.15, 0.2) is 0 Å². The van der Waals surface area contributed by atoms with E-state index in [4.69, 9.17) is 0 Å². The van der Waals surface area contributed by atoms with E-state index in [1.807, 2.05) is 0 Å². The third kappa shape index (κ3) is 3.46. The van der Waals surface area contributed by atoms with Crippen LogP contribution >= 0.6 is 0 Å². The molecule has 1 heterocycles. The Labute approximate surface area is 101 Å². The zero-order chi connectivity index (χ0) is 11.4. The van der Waals surface area contributed by atoms with Gasteiger partial charge >= 0.3 is 0 Å². The lowest BCUT2D eigenvalue weighted by molar-refractivity contribution is 0.171. The van der Waals surface area contributed by atoms with E-state index in [0.29, 0.717) is 0 Å². The summed E-state index contributed by atoms with van der Waals surface area (Å²) in [6, 6.07) is 1.60. The summed E-state index contributed by atoms with van der Waals surface area (Å²) in [4.78, 5) is 2.75. The minimum absolute atomic E-state index is 0.776. The summed E-state index contributed by atoms with van der Waals surface area (Å²) in [5.41, 5.74) is 0. The molecule has 0 aromatic carbocycles.